The maximum atomic E-state index is 13.0. The van der Waals surface area contributed by atoms with E-state index in [2.05, 4.69) is 25.4 Å². The molecule has 1 N–H and O–H groups in total. The molecule has 1 heterocycles. The number of thioether (sulfide) groups is 1. The number of carbonyl (C=O) groups excluding carboxylic acids is 2. The van der Waals surface area contributed by atoms with Crippen molar-refractivity contribution in [1.29, 1.82) is 0 Å². The molecule has 1 saturated heterocycles. The van der Waals surface area contributed by atoms with Crippen LogP contribution >= 0.6 is 11.8 Å². The quantitative estimate of drug-likeness (QED) is 0.849. The summed E-state index contributed by atoms with van der Waals surface area (Å²) >= 11 is 1.85. The van der Waals surface area contributed by atoms with E-state index in [1.807, 2.05) is 16.7 Å². The van der Waals surface area contributed by atoms with Crippen molar-refractivity contribution < 1.29 is 9.59 Å². The number of nitrogens with zero attached hydrogens (tertiary/aromatic N) is 1. The highest BCUT2D eigenvalue weighted by Crippen LogP contribution is 2.36. The van der Waals surface area contributed by atoms with E-state index in [4.69, 9.17) is 0 Å². The molecule has 0 bridgehead atoms. The van der Waals surface area contributed by atoms with Crippen LogP contribution in [-0.2, 0) is 9.59 Å². The van der Waals surface area contributed by atoms with Gasteiger partial charge in [-0.05, 0) is 31.9 Å². The fourth-order valence-corrected chi connectivity index (χ4v) is 4.53. The van der Waals surface area contributed by atoms with Gasteiger partial charge in [0.1, 0.15) is 5.54 Å². The van der Waals surface area contributed by atoms with E-state index in [-0.39, 0.29) is 16.6 Å². The van der Waals surface area contributed by atoms with Crippen molar-refractivity contribution in [3.63, 3.8) is 0 Å². The molecule has 5 heteroatoms. The Hall–Kier alpha value is -0.710. The Bertz CT molecular complexity index is 393. The lowest BCUT2D eigenvalue weighted by Crippen LogP contribution is -2.57. The van der Waals surface area contributed by atoms with Gasteiger partial charge in [-0.15, -0.1) is 0 Å². The molecule has 0 atom stereocenters. The van der Waals surface area contributed by atoms with Crippen LogP contribution < -0.4 is 5.32 Å². The highest BCUT2D eigenvalue weighted by atomic mass is 32.2. The largest absolute Gasteiger partial charge is 0.342 e. The second-order valence-electron chi connectivity index (χ2n) is 6.41. The summed E-state index contributed by atoms with van der Waals surface area (Å²) in [6, 6.07) is 0. The Morgan fingerprint density at radius 3 is 2.38 bits per heavy atom. The van der Waals surface area contributed by atoms with Crippen molar-refractivity contribution >= 4 is 23.6 Å². The Morgan fingerprint density at radius 2 is 1.86 bits per heavy atom. The molecule has 1 spiro atoms. The molecule has 2 amide bonds. The molecule has 4 nitrogen and oxygen atoms in total. The first-order chi connectivity index (χ1) is 10.0. The number of amides is 2. The minimum Gasteiger partial charge on any atom is -0.342 e. The van der Waals surface area contributed by atoms with Crippen LogP contribution in [0.3, 0.4) is 0 Å². The predicted molar refractivity (Wildman–Crippen MR) is 87.4 cm³/mol. The summed E-state index contributed by atoms with van der Waals surface area (Å²) in [5.41, 5.74) is -0.598. The highest BCUT2D eigenvalue weighted by molar-refractivity contribution is 8.00. The normalized spacial score (nSPS) is 22.5. The standard InChI is InChI=1S/C16H28N2O2S/c1-4-15(5-2,21-3)12-18-11-8-13(19)17-16(14(18)20)9-6-7-10-16/h4-12H2,1-3H3,(H,17,19). The molecule has 0 radical (unpaired) electrons. The van der Waals surface area contributed by atoms with Crippen LogP contribution in [0.5, 0.6) is 0 Å². The third-order valence-electron chi connectivity index (χ3n) is 5.34. The van der Waals surface area contributed by atoms with Gasteiger partial charge in [-0.1, -0.05) is 26.7 Å². The van der Waals surface area contributed by atoms with E-state index >= 15 is 0 Å². The molecular formula is C16H28N2O2S. The van der Waals surface area contributed by atoms with Gasteiger partial charge in [0, 0.05) is 24.3 Å². The number of hydrogen-bond acceptors (Lipinski definition) is 3. The van der Waals surface area contributed by atoms with Crippen molar-refractivity contribution in [2.24, 2.45) is 0 Å². The van der Waals surface area contributed by atoms with Crippen LogP contribution in [0.15, 0.2) is 0 Å². The minimum absolute atomic E-state index is 0.0375. The van der Waals surface area contributed by atoms with Crippen LogP contribution in [0.25, 0.3) is 0 Å². The molecule has 21 heavy (non-hydrogen) atoms. The van der Waals surface area contributed by atoms with Crippen LogP contribution in [0.2, 0.25) is 0 Å². The van der Waals surface area contributed by atoms with Gasteiger partial charge in [0.2, 0.25) is 11.8 Å². The fourth-order valence-electron chi connectivity index (χ4n) is 3.67. The van der Waals surface area contributed by atoms with Crippen LogP contribution in [0.4, 0.5) is 0 Å². The molecule has 0 aromatic heterocycles. The number of rotatable bonds is 5. The maximum Gasteiger partial charge on any atom is 0.248 e. The monoisotopic (exact) mass is 312 g/mol. The lowest BCUT2D eigenvalue weighted by molar-refractivity contribution is -0.139. The average Bonchev–Trinajstić information content (AvgIpc) is 2.93. The van der Waals surface area contributed by atoms with Gasteiger partial charge >= 0.3 is 0 Å². The van der Waals surface area contributed by atoms with E-state index in [0.29, 0.717) is 13.0 Å². The molecule has 2 fully saturated rings. The number of hydrogen-bond donors (Lipinski definition) is 1. The Labute approximate surface area is 132 Å². The van der Waals surface area contributed by atoms with E-state index < -0.39 is 5.54 Å². The SMILES string of the molecule is CCC(CC)(CN1CCC(=O)NC2(CCCC2)C1=O)SC. The van der Waals surface area contributed by atoms with Gasteiger partial charge in [-0.2, -0.15) is 11.8 Å². The molecule has 1 saturated carbocycles. The third-order valence-corrected chi connectivity index (χ3v) is 6.91. The Balaban J connectivity index is 2.22. The van der Waals surface area contributed by atoms with Gasteiger partial charge in [0.15, 0.2) is 0 Å². The second-order valence-corrected chi connectivity index (χ2v) is 7.68. The molecule has 0 aromatic carbocycles. The van der Waals surface area contributed by atoms with Crippen molar-refractivity contribution in [3.8, 4) is 0 Å². The summed E-state index contributed by atoms with van der Waals surface area (Å²) in [6.07, 6.45) is 8.34. The summed E-state index contributed by atoms with van der Waals surface area (Å²) in [4.78, 5) is 27.0. The molecule has 1 aliphatic heterocycles. The van der Waals surface area contributed by atoms with Crippen LogP contribution in [0, 0.1) is 0 Å². The summed E-state index contributed by atoms with van der Waals surface area (Å²) in [6.45, 7) is 5.71. The molecule has 1 aliphatic carbocycles. The maximum absolute atomic E-state index is 13.0. The zero-order valence-electron chi connectivity index (χ0n) is 13.5. The zero-order chi connectivity index (χ0) is 15.5. The first-order valence-corrected chi connectivity index (χ1v) is 9.39. The van der Waals surface area contributed by atoms with Gasteiger partial charge < -0.3 is 10.2 Å². The number of nitrogens with one attached hydrogen (secondary N) is 1. The lowest BCUT2D eigenvalue weighted by Gasteiger charge is -2.38. The van der Waals surface area contributed by atoms with Crippen LogP contribution in [0.1, 0.15) is 58.8 Å². The van der Waals surface area contributed by atoms with Gasteiger partial charge in [0.25, 0.3) is 0 Å². The summed E-state index contributed by atoms with van der Waals surface area (Å²) in [5.74, 6) is 0.196. The zero-order valence-corrected chi connectivity index (χ0v) is 14.4. The molecule has 2 rings (SSSR count). The smallest absolute Gasteiger partial charge is 0.248 e. The summed E-state index contributed by atoms with van der Waals surface area (Å²) in [7, 11) is 0. The summed E-state index contributed by atoms with van der Waals surface area (Å²) < 4.78 is 0.114. The van der Waals surface area contributed by atoms with Crippen molar-refractivity contribution in [2.45, 2.75) is 69.1 Å². The average molecular weight is 312 g/mol. The lowest BCUT2D eigenvalue weighted by atomic mass is 9.94. The second kappa shape index (κ2) is 6.59. The Kier molecular flexibility index (Phi) is 5.23. The Morgan fingerprint density at radius 1 is 1.24 bits per heavy atom. The van der Waals surface area contributed by atoms with Gasteiger partial charge in [0.05, 0.1) is 0 Å². The van der Waals surface area contributed by atoms with E-state index in [1.165, 1.54) is 0 Å². The highest BCUT2D eigenvalue weighted by Gasteiger charge is 2.47. The van der Waals surface area contributed by atoms with Gasteiger partial charge in [-0.25, -0.2) is 0 Å². The van der Waals surface area contributed by atoms with Crippen molar-refractivity contribution in [1.82, 2.24) is 10.2 Å². The molecule has 0 unspecified atom stereocenters. The summed E-state index contributed by atoms with van der Waals surface area (Å²) in [5, 5.41) is 3.04. The third kappa shape index (κ3) is 3.22. The van der Waals surface area contributed by atoms with Gasteiger partial charge in [-0.3, -0.25) is 9.59 Å². The van der Waals surface area contributed by atoms with E-state index in [1.54, 1.807) is 0 Å². The molecule has 0 aromatic rings. The fraction of sp³-hybridized carbons (Fsp3) is 0.875. The molecule has 2 aliphatic rings. The first kappa shape index (κ1) is 16.7. The molecular weight excluding hydrogens is 284 g/mol. The predicted octanol–water partition coefficient (Wildman–Crippen LogP) is 2.57. The first-order valence-electron chi connectivity index (χ1n) is 8.16. The van der Waals surface area contributed by atoms with Crippen LogP contribution in [-0.4, -0.2) is 46.3 Å². The number of carbonyl (C=O) groups is 2. The van der Waals surface area contributed by atoms with Crippen molar-refractivity contribution in [2.75, 3.05) is 19.3 Å². The topological polar surface area (TPSA) is 49.4 Å². The van der Waals surface area contributed by atoms with Crippen molar-refractivity contribution in [3.05, 3.63) is 0 Å². The van der Waals surface area contributed by atoms with E-state index in [0.717, 1.165) is 45.1 Å². The minimum atomic E-state index is -0.598. The molecule has 120 valence electrons. The van der Waals surface area contributed by atoms with E-state index in [9.17, 15) is 9.59 Å².